The molecule has 1 N–H and O–H groups in total. The minimum Gasteiger partial charge on any atom is -0.324 e. The molecule has 0 saturated carbocycles. The van der Waals surface area contributed by atoms with Crippen LogP contribution in [0.2, 0.25) is 5.02 Å². The van der Waals surface area contributed by atoms with Crippen molar-refractivity contribution in [1.82, 2.24) is 9.21 Å². The first kappa shape index (κ1) is 24.0. The molecular formula is C19H18BrClF3N3O3S. The number of nitrogens with zero attached hydrogens (tertiary/aromatic N) is 2. The number of amides is 1. The van der Waals surface area contributed by atoms with E-state index >= 15 is 0 Å². The number of rotatable bonds is 5. The summed E-state index contributed by atoms with van der Waals surface area (Å²) in [5.74, 6) is -0.537. The fourth-order valence-electron chi connectivity index (χ4n) is 3.07. The molecule has 0 aliphatic carbocycles. The summed E-state index contributed by atoms with van der Waals surface area (Å²) in [5.41, 5.74) is -1.04. The average Bonchev–Trinajstić information content (AvgIpc) is 2.69. The summed E-state index contributed by atoms with van der Waals surface area (Å²) >= 11 is 9.16. The number of alkyl halides is 3. The minimum absolute atomic E-state index is 0.00763. The number of anilines is 1. The molecule has 0 aromatic heterocycles. The SMILES string of the molecule is O=C(CN1CCN(S(=O)(=O)c2ccc(Br)cc2)CC1)Nc1cc(C(F)(F)F)ccc1Cl. The van der Waals surface area contributed by atoms with Crippen molar-refractivity contribution in [2.24, 2.45) is 0 Å². The van der Waals surface area contributed by atoms with E-state index in [0.717, 1.165) is 22.7 Å². The zero-order valence-corrected chi connectivity index (χ0v) is 19.2. The van der Waals surface area contributed by atoms with Gasteiger partial charge in [0.15, 0.2) is 0 Å². The van der Waals surface area contributed by atoms with Gasteiger partial charge in [-0.3, -0.25) is 9.69 Å². The van der Waals surface area contributed by atoms with Crippen LogP contribution in [0.4, 0.5) is 18.9 Å². The molecule has 12 heteroatoms. The second kappa shape index (κ2) is 9.45. The predicted octanol–water partition coefficient (Wildman–Crippen LogP) is 4.07. The molecule has 1 amide bonds. The van der Waals surface area contributed by atoms with Gasteiger partial charge in [-0.25, -0.2) is 8.42 Å². The molecular weight excluding hydrogens is 523 g/mol. The lowest BCUT2D eigenvalue weighted by molar-refractivity contribution is -0.137. The van der Waals surface area contributed by atoms with Gasteiger partial charge in [-0.05, 0) is 42.5 Å². The van der Waals surface area contributed by atoms with Gasteiger partial charge in [0.1, 0.15) is 0 Å². The van der Waals surface area contributed by atoms with Gasteiger partial charge in [0.05, 0.1) is 27.7 Å². The van der Waals surface area contributed by atoms with E-state index in [1.807, 2.05) is 0 Å². The second-order valence-electron chi connectivity index (χ2n) is 6.87. The van der Waals surface area contributed by atoms with Crippen LogP contribution in [-0.4, -0.2) is 56.3 Å². The summed E-state index contributed by atoms with van der Waals surface area (Å²) in [5, 5.41) is 2.39. The number of sulfonamides is 1. The van der Waals surface area contributed by atoms with Gasteiger partial charge in [-0.2, -0.15) is 17.5 Å². The summed E-state index contributed by atoms with van der Waals surface area (Å²) < 4.78 is 66.2. The topological polar surface area (TPSA) is 69.7 Å². The molecule has 0 bridgehead atoms. The normalized spacial score (nSPS) is 16.3. The van der Waals surface area contributed by atoms with Crippen molar-refractivity contribution in [2.75, 3.05) is 38.0 Å². The molecule has 0 spiro atoms. The van der Waals surface area contributed by atoms with Crippen LogP contribution in [0.1, 0.15) is 5.56 Å². The molecule has 6 nitrogen and oxygen atoms in total. The largest absolute Gasteiger partial charge is 0.416 e. The van der Waals surface area contributed by atoms with Crippen molar-refractivity contribution in [3.63, 3.8) is 0 Å². The molecule has 168 valence electrons. The van der Waals surface area contributed by atoms with Crippen LogP contribution in [0.15, 0.2) is 51.8 Å². The Kier molecular flexibility index (Phi) is 7.32. The maximum Gasteiger partial charge on any atom is 0.416 e. The highest BCUT2D eigenvalue weighted by Gasteiger charge is 2.32. The molecule has 0 unspecified atom stereocenters. The fraction of sp³-hybridized carbons (Fsp3) is 0.316. The smallest absolute Gasteiger partial charge is 0.324 e. The number of hydrogen-bond acceptors (Lipinski definition) is 4. The number of benzene rings is 2. The molecule has 1 saturated heterocycles. The van der Waals surface area contributed by atoms with Gasteiger partial charge in [0, 0.05) is 30.7 Å². The van der Waals surface area contributed by atoms with Crippen LogP contribution in [0.3, 0.4) is 0 Å². The highest BCUT2D eigenvalue weighted by atomic mass is 79.9. The monoisotopic (exact) mass is 539 g/mol. The summed E-state index contributed by atoms with van der Waals surface area (Å²) in [7, 11) is -3.64. The number of hydrogen-bond donors (Lipinski definition) is 1. The average molecular weight is 541 g/mol. The molecule has 1 aliphatic heterocycles. The quantitative estimate of drug-likeness (QED) is 0.621. The zero-order chi connectivity index (χ0) is 22.8. The first-order valence-corrected chi connectivity index (χ1v) is 11.7. The molecule has 1 heterocycles. The maximum absolute atomic E-state index is 12.9. The lowest BCUT2D eigenvalue weighted by Crippen LogP contribution is -2.50. The van der Waals surface area contributed by atoms with E-state index < -0.39 is 27.7 Å². The van der Waals surface area contributed by atoms with Gasteiger partial charge in [-0.1, -0.05) is 27.5 Å². The summed E-state index contributed by atoms with van der Waals surface area (Å²) in [6, 6.07) is 9.01. The summed E-state index contributed by atoms with van der Waals surface area (Å²) in [6.45, 7) is 0.893. The highest BCUT2D eigenvalue weighted by molar-refractivity contribution is 9.10. The molecule has 1 aliphatic rings. The van der Waals surface area contributed by atoms with Gasteiger partial charge in [0.2, 0.25) is 15.9 Å². The number of carbonyl (C=O) groups is 1. The van der Waals surface area contributed by atoms with Crippen molar-refractivity contribution >= 4 is 49.1 Å². The molecule has 3 rings (SSSR count). The Bertz CT molecular complexity index is 1060. The first-order valence-electron chi connectivity index (χ1n) is 9.11. The van der Waals surface area contributed by atoms with E-state index in [-0.39, 0.29) is 35.2 Å². The highest BCUT2D eigenvalue weighted by Crippen LogP contribution is 2.33. The van der Waals surface area contributed by atoms with Gasteiger partial charge < -0.3 is 5.32 Å². The van der Waals surface area contributed by atoms with Crippen LogP contribution in [-0.2, 0) is 21.0 Å². The van der Waals surface area contributed by atoms with Crippen molar-refractivity contribution in [3.8, 4) is 0 Å². The third-order valence-electron chi connectivity index (χ3n) is 4.72. The van der Waals surface area contributed by atoms with Crippen molar-refractivity contribution in [3.05, 3.63) is 57.5 Å². The number of carbonyl (C=O) groups excluding carboxylic acids is 1. The molecule has 31 heavy (non-hydrogen) atoms. The molecule has 1 fully saturated rings. The van der Waals surface area contributed by atoms with E-state index in [1.165, 1.54) is 16.4 Å². The Balaban J connectivity index is 1.58. The molecule has 0 radical (unpaired) electrons. The lowest BCUT2D eigenvalue weighted by atomic mass is 10.2. The maximum atomic E-state index is 12.9. The Labute approximate surface area is 191 Å². The number of nitrogens with one attached hydrogen (secondary N) is 1. The first-order chi connectivity index (χ1) is 14.5. The van der Waals surface area contributed by atoms with E-state index in [0.29, 0.717) is 13.1 Å². The van der Waals surface area contributed by atoms with E-state index in [4.69, 9.17) is 11.6 Å². The van der Waals surface area contributed by atoms with Crippen LogP contribution >= 0.6 is 27.5 Å². The van der Waals surface area contributed by atoms with Crippen LogP contribution in [0, 0.1) is 0 Å². The zero-order valence-electron chi connectivity index (χ0n) is 16.0. The van der Waals surface area contributed by atoms with Crippen molar-refractivity contribution in [2.45, 2.75) is 11.1 Å². The van der Waals surface area contributed by atoms with Gasteiger partial charge >= 0.3 is 6.18 Å². The van der Waals surface area contributed by atoms with E-state index in [2.05, 4.69) is 21.2 Å². The molecule has 0 atom stereocenters. The fourth-order valence-corrected chi connectivity index (χ4v) is 4.93. The summed E-state index contributed by atoms with van der Waals surface area (Å²) in [4.78, 5) is 14.2. The second-order valence-corrected chi connectivity index (χ2v) is 10.1. The Hall–Kier alpha value is -1.66. The predicted molar refractivity (Wildman–Crippen MR) is 114 cm³/mol. The Morgan fingerprint density at radius 3 is 2.26 bits per heavy atom. The lowest BCUT2D eigenvalue weighted by Gasteiger charge is -2.33. The third-order valence-corrected chi connectivity index (χ3v) is 7.49. The van der Waals surface area contributed by atoms with Crippen molar-refractivity contribution < 1.29 is 26.4 Å². The van der Waals surface area contributed by atoms with Crippen LogP contribution in [0.5, 0.6) is 0 Å². The number of halogens is 5. The standard InChI is InChI=1S/C19H18BrClF3N3O3S/c20-14-2-4-15(5-3-14)31(29,30)27-9-7-26(8-10-27)12-18(28)25-17-11-13(19(22,23)24)1-6-16(17)21/h1-6,11H,7-10,12H2,(H,25,28). The minimum atomic E-state index is -4.55. The van der Waals surface area contributed by atoms with Gasteiger partial charge in [-0.15, -0.1) is 0 Å². The Morgan fingerprint density at radius 2 is 1.68 bits per heavy atom. The van der Waals surface area contributed by atoms with Crippen molar-refractivity contribution in [1.29, 1.82) is 0 Å². The Morgan fingerprint density at radius 1 is 1.06 bits per heavy atom. The molecule has 2 aromatic carbocycles. The van der Waals surface area contributed by atoms with E-state index in [9.17, 15) is 26.4 Å². The molecule has 2 aromatic rings. The number of piperazine rings is 1. The van der Waals surface area contributed by atoms with Gasteiger partial charge in [0.25, 0.3) is 0 Å². The summed E-state index contributed by atoms with van der Waals surface area (Å²) in [6.07, 6.45) is -4.55. The van der Waals surface area contributed by atoms with E-state index in [1.54, 1.807) is 17.0 Å². The van der Waals surface area contributed by atoms with Crippen LogP contribution < -0.4 is 5.32 Å². The third kappa shape index (κ3) is 5.98. The van der Waals surface area contributed by atoms with Crippen LogP contribution in [0.25, 0.3) is 0 Å².